The molecule has 0 aliphatic heterocycles. The quantitative estimate of drug-likeness (QED) is 0.770. The summed E-state index contributed by atoms with van der Waals surface area (Å²) in [7, 11) is 1.60. The summed E-state index contributed by atoms with van der Waals surface area (Å²) in [4.78, 5) is 11.3. The highest BCUT2D eigenvalue weighted by Crippen LogP contribution is 2.25. The van der Waals surface area contributed by atoms with Crippen molar-refractivity contribution in [2.45, 2.75) is 38.7 Å². The average molecular weight is 266 g/mol. The van der Waals surface area contributed by atoms with Crippen molar-refractivity contribution < 1.29 is 19.4 Å². The lowest BCUT2D eigenvalue weighted by Gasteiger charge is -2.23. The van der Waals surface area contributed by atoms with Gasteiger partial charge in [0.15, 0.2) is 0 Å². The van der Waals surface area contributed by atoms with Crippen LogP contribution in [0.3, 0.4) is 0 Å². The average Bonchev–Trinajstić information content (AvgIpc) is 2.37. The van der Waals surface area contributed by atoms with E-state index in [1.165, 1.54) is 0 Å². The van der Waals surface area contributed by atoms with E-state index in [-0.39, 0.29) is 12.4 Å². The number of carbonyl (C=O) groups is 1. The molecule has 4 heteroatoms. The number of esters is 1. The van der Waals surface area contributed by atoms with Crippen LogP contribution in [-0.2, 0) is 16.0 Å². The molecule has 0 saturated carbocycles. The zero-order valence-electron chi connectivity index (χ0n) is 11.8. The highest BCUT2D eigenvalue weighted by Gasteiger charge is 2.24. The van der Waals surface area contributed by atoms with E-state index in [1.54, 1.807) is 21.0 Å². The standard InChI is InChI=1S/C15H22O4/c1-4-19-14(16)9-10-15(2,17)11-12-7-5-6-8-13(12)18-3/h5-8,17H,4,9-11H2,1-3H3. The van der Waals surface area contributed by atoms with Crippen molar-refractivity contribution in [2.24, 2.45) is 0 Å². The molecule has 0 heterocycles. The molecule has 0 bridgehead atoms. The van der Waals surface area contributed by atoms with Crippen molar-refractivity contribution in [3.05, 3.63) is 29.8 Å². The Labute approximate surface area is 114 Å². The summed E-state index contributed by atoms with van der Waals surface area (Å²) in [5.41, 5.74) is -0.0275. The van der Waals surface area contributed by atoms with Gasteiger partial charge in [-0.15, -0.1) is 0 Å². The Bertz CT molecular complexity index is 412. The third-order valence-electron chi connectivity index (χ3n) is 2.94. The molecule has 0 aliphatic rings. The summed E-state index contributed by atoms with van der Waals surface area (Å²) < 4.78 is 10.1. The molecule has 1 rings (SSSR count). The van der Waals surface area contributed by atoms with Gasteiger partial charge in [-0.1, -0.05) is 18.2 Å². The van der Waals surface area contributed by atoms with E-state index in [2.05, 4.69) is 0 Å². The van der Waals surface area contributed by atoms with Gasteiger partial charge in [-0.3, -0.25) is 4.79 Å². The van der Waals surface area contributed by atoms with Crippen LogP contribution in [0, 0.1) is 0 Å². The van der Waals surface area contributed by atoms with Gasteiger partial charge in [0, 0.05) is 12.8 Å². The van der Waals surface area contributed by atoms with Crippen molar-refractivity contribution in [1.82, 2.24) is 0 Å². The molecule has 1 aromatic carbocycles. The Balaban J connectivity index is 2.60. The molecule has 106 valence electrons. The summed E-state index contributed by atoms with van der Waals surface area (Å²) in [6.07, 6.45) is 1.02. The zero-order chi connectivity index (χ0) is 14.3. The van der Waals surface area contributed by atoms with Crippen molar-refractivity contribution in [3.8, 4) is 5.75 Å². The molecule has 0 radical (unpaired) electrons. The lowest BCUT2D eigenvalue weighted by Crippen LogP contribution is -2.28. The molecule has 0 saturated heterocycles. The fourth-order valence-electron chi connectivity index (χ4n) is 1.95. The number of methoxy groups -OCH3 is 1. The second-order valence-electron chi connectivity index (χ2n) is 4.79. The van der Waals surface area contributed by atoms with Crippen LogP contribution in [0.5, 0.6) is 5.75 Å². The molecule has 0 aromatic heterocycles. The first kappa shape index (κ1) is 15.5. The second-order valence-corrected chi connectivity index (χ2v) is 4.79. The minimum Gasteiger partial charge on any atom is -0.496 e. The Morgan fingerprint density at radius 2 is 2.05 bits per heavy atom. The van der Waals surface area contributed by atoms with Crippen LogP contribution in [0.15, 0.2) is 24.3 Å². The number of aliphatic hydroxyl groups is 1. The van der Waals surface area contributed by atoms with E-state index < -0.39 is 5.60 Å². The van der Waals surface area contributed by atoms with Crippen LogP contribution in [-0.4, -0.2) is 30.4 Å². The van der Waals surface area contributed by atoms with E-state index in [0.717, 1.165) is 11.3 Å². The van der Waals surface area contributed by atoms with Gasteiger partial charge in [0.1, 0.15) is 5.75 Å². The van der Waals surface area contributed by atoms with Gasteiger partial charge in [0.2, 0.25) is 0 Å². The molecule has 0 spiro atoms. The molecule has 1 N–H and O–H groups in total. The lowest BCUT2D eigenvalue weighted by atomic mass is 9.91. The van der Waals surface area contributed by atoms with Gasteiger partial charge in [-0.05, 0) is 31.9 Å². The Hall–Kier alpha value is -1.55. The first-order valence-electron chi connectivity index (χ1n) is 6.48. The lowest BCUT2D eigenvalue weighted by molar-refractivity contribution is -0.144. The second kappa shape index (κ2) is 7.14. The predicted octanol–water partition coefficient (Wildman–Crippen LogP) is 2.33. The summed E-state index contributed by atoms with van der Waals surface area (Å²) in [5.74, 6) is 0.474. The smallest absolute Gasteiger partial charge is 0.305 e. The molecular formula is C15H22O4. The Morgan fingerprint density at radius 1 is 1.37 bits per heavy atom. The topological polar surface area (TPSA) is 55.8 Å². The monoisotopic (exact) mass is 266 g/mol. The van der Waals surface area contributed by atoms with Crippen LogP contribution >= 0.6 is 0 Å². The molecule has 1 aromatic rings. The molecule has 1 unspecified atom stereocenters. The van der Waals surface area contributed by atoms with Crippen molar-refractivity contribution in [3.63, 3.8) is 0 Å². The molecule has 0 aliphatic carbocycles. The van der Waals surface area contributed by atoms with E-state index >= 15 is 0 Å². The predicted molar refractivity (Wildman–Crippen MR) is 73.2 cm³/mol. The van der Waals surface area contributed by atoms with E-state index in [4.69, 9.17) is 9.47 Å². The van der Waals surface area contributed by atoms with Crippen LogP contribution < -0.4 is 4.74 Å². The van der Waals surface area contributed by atoms with Crippen LogP contribution in [0.4, 0.5) is 0 Å². The van der Waals surface area contributed by atoms with E-state index in [9.17, 15) is 9.90 Å². The van der Waals surface area contributed by atoms with Gasteiger partial charge in [-0.2, -0.15) is 0 Å². The highest BCUT2D eigenvalue weighted by atomic mass is 16.5. The fourth-order valence-corrected chi connectivity index (χ4v) is 1.95. The first-order chi connectivity index (χ1) is 8.98. The van der Waals surface area contributed by atoms with Crippen LogP contribution in [0.1, 0.15) is 32.3 Å². The number of benzene rings is 1. The number of para-hydroxylation sites is 1. The molecular weight excluding hydrogens is 244 g/mol. The maximum absolute atomic E-state index is 11.3. The van der Waals surface area contributed by atoms with Crippen molar-refractivity contribution in [1.29, 1.82) is 0 Å². The van der Waals surface area contributed by atoms with Gasteiger partial charge in [0.05, 0.1) is 19.3 Å². The number of ether oxygens (including phenoxy) is 2. The maximum Gasteiger partial charge on any atom is 0.305 e. The Kier molecular flexibility index (Phi) is 5.83. The van der Waals surface area contributed by atoms with Gasteiger partial charge in [-0.25, -0.2) is 0 Å². The van der Waals surface area contributed by atoms with Crippen molar-refractivity contribution >= 4 is 5.97 Å². The maximum atomic E-state index is 11.3. The third-order valence-corrected chi connectivity index (χ3v) is 2.94. The van der Waals surface area contributed by atoms with Gasteiger partial charge < -0.3 is 14.6 Å². The normalized spacial score (nSPS) is 13.7. The van der Waals surface area contributed by atoms with Crippen molar-refractivity contribution in [2.75, 3.05) is 13.7 Å². The molecule has 1 atom stereocenters. The molecule has 0 fully saturated rings. The SMILES string of the molecule is CCOC(=O)CCC(C)(O)Cc1ccccc1OC. The third kappa shape index (κ3) is 5.30. The van der Waals surface area contributed by atoms with Gasteiger partial charge in [0.25, 0.3) is 0 Å². The fraction of sp³-hybridized carbons (Fsp3) is 0.533. The van der Waals surface area contributed by atoms with Gasteiger partial charge >= 0.3 is 5.97 Å². The molecule has 19 heavy (non-hydrogen) atoms. The number of rotatable bonds is 7. The molecule has 4 nitrogen and oxygen atoms in total. The number of hydrogen-bond acceptors (Lipinski definition) is 4. The number of hydrogen-bond donors (Lipinski definition) is 1. The number of carbonyl (C=O) groups excluding carboxylic acids is 1. The van der Waals surface area contributed by atoms with Crippen LogP contribution in [0.2, 0.25) is 0 Å². The summed E-state index contributed by atoms with van der Waals surface area (Å²) in [5, 5.41) is 10.3. The molecule has 0 amide bonds. The Morgan fingerprint density at radius 3 is 2.68 bits per heavy atom. The zero-order valence-corrected chi connectivity index (χ0v) is 11.8. The first-order valence-corrected chi connectivity index (χ1v) is 6.48. The minimum absolute atomic E-state index is 0.218. The summed E-state index contributed by atoms with van der Waals surface area (Å²) >= 11 is 0. The van der Waals surface area contributed by atoms with E-state index in [0.29, 0.717) is 19.4 Å². The van der Waals surface area contributed by atoms with E-state index in [1.807, 2.05) is 24.3 Å². The minimum atomic E-state index is -0.957. The summed E-state index contributed by atoms with van der Waals surface area (Å²) in [6.45, 7) is 3.86. The highest BCUT2D eigenvalue weighted by molar-refractivity contribution is 5.69. The van der Waals surface area contributed by atoms with Crippen LogP contribution in [0.25, 0.3) is 0 Å². The largest absolute Gasteiger partial charge is 0.496 e. The summed E-state index contributed by atoms with van der Waals surface area (Å²) in [6, 6.07) is 7.56.